The van der Waals surface area contributed by atoms with Crippen LogP contribution in [0.1, 0.15) is 56.4 Å². The van der Waals surface area contributed by atoms with Gasteiger partial charge in [-0.15, -0.1) is 0 Å². The molecule has 0 saturated heterocycles. The quantitative estimate of drug-likeness (QED) is 0.459. The summed E-state index contributed by atoms with van der Waals surface area (Å²) in [6, 6.07) is 6.94. The van der Waals surface area contributed by atoms with E-state index in [2.05, 4.69) is 6.08 Å². The van der Waals surface area contributed by atoms with E-state index >= 15 is 4.39 Å². The van der Waals surface area contributed by atoms with Gasteiger partial charge in [-0.3, -0.25) is 8.78 Å². The zero-order chi connectivity index (χ0) is 22.4. The number of carboxylic acids is 1. The first-order valence-corrected chi connectivity index (χ1v) is 10.9. The number of carboxylic acid groups (broad SMARTS) is 1. The van der Waals surface area contributed by atoms with Gasteiger partial charge in [-0.05, 0) is 62.1 Å². The number of benzene rings is 1. The van der Waals surface area contributed by atoms with Gasteiger partial charge in [-0.2, -0.15) is 0 Å². The van der Waals surface area contributed by atoms with Crippen molar-refractivity contribution < 1.29 is 27.8 Å². The fraction of sp³-hybridized carbons (Fsp3) is 0.560. The maximum absolute atomic E-state index is 15.5. The number of aliphatic carboxylic acids is 1. The monoisotopic (exact) mass is 436 g/mol. The first-order chi connectivity index (χ1) is 14.9. The number of carbonyl (C=O) groups is 1. The Morgan fingerprint density at radius 2 is 1.90 bits per heavy atom. The van der Waals surface area contributed by atoms with Crippen LogP contribution < -0.4 is 4.74 Å². The highest BCUT2D eigenvalue weighted by atomic mass is 19.1. The van der Waals surface area contributed by atoms with E-state index in [9.17, 15) is 18.7 Å². The molecule has 0 radical (unpaired) electrons. The van der Waals surface area contributed by atoms with Crippen LogP contribution in [-0.2, 0) is 4.79 Å². The van der Waals surface area contributed by atoms with Gasteiger partial charge in [0, 0.05) is 18.3 Å². The summed E-state index contributed by atoms with van der Waals surface area (Å²) < 4.78 is 46.2. The lowest BCUT2D eigenvalue weighted by molar-refractivity contribution is -0.152. The van der Waals surface area contributed by atoms with Gasteiger partial charge in [-0.1, -0.05) is 35.4 Å². The van der Waals surface area contributed by atoms with Crippen LogP contribution in [0.3, 0.4) is 0 Å². The molecule has 2 aliphatic rings. The highest BCUT2D eigenvalue weighted by molar-refractivity contribution is 5.79. The topological polar surface area (TPSA) is 46.5 Å². The molecule has 0 bridgehead atoms. The number of hydrogen-bond donors (Lipinski definition) is 1. The Morgan fingerprint density at radius 1 is 1.19 bits per heavy atom. The van der Waals surface area contributed by atoms with Crippen molar-refractivity contribution in [3.8, 4) is 5.75 Å². The Hall–Kier alpha value is -2.24. The third-order valence-electron chi connectivity index (χ3n) is 6.73. The van der Waals surface area contributed by atoms with Gasteiger partial charge in [0.2, 0.25) is 5.67 Å². The summed E-state index contributed by atoms with van der Waals surface area (Å²) in [5.41, 5.74) is 0.540. The minimum atomic E-state index is -2.33. The Kier molecular flexibility index (Phi) is 7.84. The predicted molar refractivity (Wildman–Crippen MR) is 115 cm³/mol. The van der Waals surface area contributed by atoms with Gasteiger partial charge >= 0.3 is 5.97 Å². The lowest BCUT2D eigenvalue weighted by Crippen LogP contribution is -2.42. The number of methoxy groups -OCH3 is 1. The number of alkyl halides is 3. The molecule has 1 aromatic rings. The Balaban J connectivity index is 1.68. The minimum Gasteiger partial charge on any atom is -0.497 e. The van der Waals surface area contributed by atoms with Crippen LogP contribution in [0.2, 0.25) is 0 Å². The number of rotatable bonds is 9. The van der Waals surface area contributed by atoms with Crippen molar-refractivity contribution in [2.24, 2.45) is 11.8 Å². The van der Waals surface area contributed by atoms with Crippen LogP contribution in [-0.4, -0.2) is 37.2 Å². The summed E-state index contributed by atoms with van der Waals surface area (Å²) in [4.78, 5) is 11.8. The van der Waals surface area contributed by atoms with Crippen LogP contribution in [0.4, 0.5) is 13.2 Å². The molecule has 2 aliphatic carbocycles. The molecule has 31 heavy (non-hydrogen) atoms. The zero-order valence-corrected chi connectivity index (χ0v) is 18.0. The van der Waals surface area contributed by atoms with E-state index in [0.29, 0.717) is 30.1 Å². The maximum Gasteiger partial charge on any atom is 0.342 e. The fourth-order valence-electron chi connectivity index (χ4n) is 4.77. The molecule has 0 spiro atoms. The number of allylic oxidation sites excluding steroid dienone is 4. The molecular formula is C25H31F3O3. The van der Waals surface area contributed by atoms with Gasteiger partial charge in [0.15, 0.2) is 0 Å². The molecule has 0 fully saturated rings. The second-order valence-corrected chi connectivity index (χ2v) is 8.85. The second kappa shape index (κ2) is 10.4. The van der Waals surface area contributed by atoms with Gasteiger partial charge in [-0.25, -0.2) is 9.18 Å². The van der Waals surface area contributed by atoms with Crippen molar-refractivity contribution in [3.05, 3.63) is 53.1 Å². The van der Waals surface area contributed by atoms with Crippen molar-refractivity contribution in [3.63, 3.8) is 0 Å². The Labute approximate surface area is 182 Å². The number of ether oxygens (including phenoxy) is 1. The Bertz CT molecular complexity index is 814. The van der Waals surface area contributed by atoms with Crippen molar-refractivity contribution in [2.75, 3.05) is 20.5 Å². The summed E-state index contributed by atoms with van der Waals surface area (Å²) in [5.74, 6) is -1.69. The van der Waals surface area contributed by atoms with Crippen LogP contribution in [0.5, 0.6) is 5.75 Å². The second-order valence-electron chi connectivity index (χ2n) is 8.85. The summed E-state index contributed by atoms with van der Waals surface area (Å²) in [7, 11) is 1.55. The zero-order valence-electron chi connectivity index (χ0n) is 18.0. The first kappa shape index (κ1) is 23.4. The summed E-state index contributed by atoms with van der Waals surface area (Å²) in [5, 5.41) is 9.59. The summed E-state index contributed by atoms with van der Waals surface area (Å²) >= 11 is 0. The minimum absolute atomic E-state index is 0.142. The van der Waals surface area contributed by atoms with Gasteiger partial charge < -0.3 is 9.84 Å². The third-order valence-corrected chi connectivity index (χ3v) is 6.73. The molecule has 1 N–H and O–H groups in total. The molecule has 3 rings (SSSR count). The van der Waals surface area contributed by atoms with E-state index in [1.165, 1.54) is 0 Å². The lowest BCUT2D eigenvalue weighted by Gasteiger charge is -2.35. The third kappa shape index (κ3) is 5.52. The van der Waals surface area contributed by atoms with Gasteiger partial charge in [0.25, 0.3) is 0 Å². The van der Waals surface area contributed by atoms with Gasteiger partial charge in [0.1, 0.15) is 5.75 Å². The van der Waals surface area contributed by atoms with E-state index in [1.807, 2.05) is 0 Å². The molecule has 3 nitrogen and oxygen atoms in total. The Morgan fingerprint density at radius 3 is 2.45 bits per heavy atom. The number of hydrogen-bond acceptors (Lipinski definition) is 2. The van der Waals surface area contributed by atoms with Crippen molar-refractivity contribution in [1.82, 2.24) is 0 Å². The summed E-state index contributed by atoms with van der Waals surface area (Å²) in [6.07, 6.45) is 7.96. The first-order valence-electron chi connectivity index (χ1n) is 10.9. The predicted octanol–water partition coefficient (Wildman–Crippen LogP) is 6.35. The molecule has 170 valence electrons. The van der Waals surface area contributed by atoms with Crippen molar-refractivity contribution in [1.29, 1.82) is 0 Å². The van der Waals surface area contributed by atoms with Crippen LogP contribution in [0.15, 0.2) is 47.6 Å². The molecule has 0 amide bonds. The SMILES string of the molecule is COc1ccc(C2CC(CC3CC=C(CC(CF)CF)CC3)=CC[C@@]2(F)C(=O)O)cc1. The molecular weight excluding hydrogens is 405 g/mol. The molecule has 0 heterocycles. The smallest absolute Gasteiger partial charge is 0.342 e. The number of halogens is 3. The molecule has 2 unspecified atom stereocenters. The van der Waals surface area contributed by atoms with E-state index in [0.717, 1.165) is 36.8 Å². The van der Waals surface area contributed by atoms with E-state index in [-0.39, 0.29) is 6.42 Å². The largest absolute Gasteiger partial charge is 0.497 e. The molecule has 0 aromatic heterocycles. The van der Waals surface area contributed by atoms with Crippen molar-refractivity contribution >= 4 is 5.97 Å². The van der Waals surface area contributed by atoms with E-state index in [1.54, 1.807) is 37.5 Å². The standard InChI is InChI=1S/C25H31F3O3/c1-31-22-8-6-21(7-9-22)23-14-19(10-11-25(23,28)24(29)30)12-17-2-4-18(5-3-17)13-20(15-26)16-27/h4,6-10,17,20,23H,2-3,5,11-16H2,1H3,(H,29,30)/t17?,23?,25-/m0/s1. The van der Waals surface area contributed by atoms with Gasteiger partial charge in [0.05, 0.1) is 20.5 Å². The molecule has 6 heteroatoms. The van der Waals surface area contributed by atoms with Crippen LogP contribution >= 0.6 is 0 Å². The summed E-state index contributed by atoms with van der Waals surface area (Å²) in [6.45, 7) is -1.27. The van der Waals surface area contributed by atoms with Crippen LogP contribution in [0, 0.1) is 11.8 Å². The molecule has 0 saturated carbocycles. The lowest BCUT2D eigenvalue weighted by atomic mass is 9.71. The fourth-order valence-corrected chi connectivity index (χ4v) is 4.77. The highest BCUT2D eigenvalue weighted by Crippen LogP contribution is 2.46. The maximum atomic E-state index is 15.5. The average molecular weight is 437 g/mol. The molecule has 1 aromatic carbocycles. The van der Waals surface area contributed by atoms with E-state index < -0.39 is 36.8 Å². The molecule has 3 atom stereocenters. The van der Waals surface area contributed by atoms with E-state index in [4.69, 9.17) is 4.74 Å². The normalized spacial score (nSPS) is 26.4. The van der Waals surface area contributed by atoms with Crippen LogP contribution in [0.25, 0.3) is 0 Å². The van der Waals surface area contributed by atoms with Crippen molar-refractivity contribution in [2.45, 2.75) is 56.5 Å². The highest BCUT2D eigenvalue weighted by Gasteiger charge is 2.48. The molecule has 0 aliphatic heterocycles. The average Bonchev–Trinajstić information content (AvgIpc) is 2.79.